The lowest BCUT2D eigenvalue weighted by Crippen LogP contribution is -2.18. The van der Waals surface area contributed by atoms with Gasteiger partial charge in [-0.3, -0.25) is 14.4 Å². The van der Waals surface area contributed by atoms with E-state index in [2.05, 4.69) is 9.98 Å². The topological polar surface area (TPSA) is 67.2 Å². The molecule has 1 N–H and O–H groups in total. The Morgan fingerprint density at radius 3 is 2.85 bits per heavy atom. The largest absolute Gasteiger partial charge is 0.326 e. The van der Waals surface area contributed by atoms with E-state index in [1.807, 2.05) is 20.8 Å². The van der Waals surface area contributed by atoms with Crippen LogP contribution in [0, 0.1) is 0 Å². The molecular formula is C15H19N3O2. The Hall–Kier alpha value is -2.17. The molecule has 1 aromatic heterocycles. The number of aromatic amines is 1. The number of benzene rings is 1. The van der Waals surface area contributed by atoms with Gasteiger partial charge in [-0.05, 0) is 32.9 Å². The molecule has 0 fully saturated rings. The number of aldehydes is 1. The molecule has 2 rings (SSSR count). The number of aromatic nitrogens is 2. The van der Waals surface area contributed by atoms with Gasteiger partial charge >= 0.3 is 5.69 Å². The van der Waals surface area contributed by atoms with Gasteiger partial charge in [0.1, 0.15) is 0 Å². The van der Waals surface area contributed by atoms with Crippen LogP contribution in [0.2, 0.25) is 0 Å². The number of para-hydroxylation sites is 1. The minimum atomic E-state index is -0.188. The van der Waals surface area contributed by atoms with E-state index in [0.717, 1.165) is 12.0 Å². The maximum atomic E-state index is 12.0. The molecular weight excluding hydrogens is 254 g/mol. The third-order valence-corrected chi connectivity index (χ3v) is 3.13. The van der Waals surface area contributed by atoms with Crippen molar-refractivity contribution in [3.8, 4) is 0 Å². The van der Waals surface area contributed by atoms with Crippen molar-refractivity contribution in [2.45, 2.75) is 39.8 Å². The van der Waals surface area contributed by atoms with E-state index in [1.165, 1.54) is 0 Å². The van der Waals surface area contributed by atoms with Crippen LogP contribution in [-0.4, -0.2) is 27.6 Å². The van der Waals surface area contributed by atoms with Crippen LogP contribution in [0.25, 0.3) is 11.0 Å². The summed E-state index contributed by atoms with van der Waals surface area (Å²) in [6.07, 6.45) is 1.47. The molecule has 0 aliphatic rings. The SMILES string of the molecule is CC(CCn1c(=O)[nH]c2cccc(C=O)c21)=NC(C)C. The summed E-state index contributed by atoms with van der Waals surface area (Å²) in [4.78, 5) is 30.3. The number of hydrogen-bond acceptors (Lipinski definition) is 3. The Balaban J connectivity index is 2.37. The minimum Gasteiger partial charge on any atom is -0.306 e. The molecule has 20 heavy (non-hydrogen) atoms. The summed E-state index contributed by atoms with van der Waals surface area (Å²) in [5.74, 6) is 0. The molecule has 0 unspecified atom stereocenters. The molecule has 0 aliphatic heterocycles. The Morgan fingerprint density at radius 2 is 2.20 bits per heavy atom. The molecule has 0 atom stereocenters. The molecule has 2 aromatic rings. The number of fused-ring (bicyclic) bond motifs is 1. The first kappa shape index (κ1) is 14.2. The minimum absolute atomic E-state index is 0.188. The summed E-state index contributed by atoms with van der Waals surface area (Å²) >= 11 is 0. The van der Waals surface area contributed by atoms with Crippen LogP contribution in [0.3, 0.4) is 0 Å². The number of nitrogens with zero attached hydrogens (tertiary/aromatic N) is 2. The molecule has 1 aromatic carbocycles. The second kappa shape index (κ2) is 5.86. The number of aliphatic imine (C=N–C) groups is 1. The number of nitrogens with one attached hydrogen (secondary N) is 1. The lowest BCUT2D eigenvalue weighted by Gasteiger charge is -2.06. The number of hydrogen-bond donors (Lipinski definition) is 1. The van der Waals surface area contributed by atoms with Crippen molar-refractivity contribution in [3.05, 3.63) is 34.2 Å². The van der Waals surface area contributed by atoms with Gasteiger partial charge in [0.25, 0.3) is 0 Å². The number of carbonyl (C=O) groups is 1. The van der Waals surface area contributed by atoms with Gasteiger partial charge < -0.3 is 4.98 Å². The summed E-state index contributed by atoms with van der Waals surface area (Å²) < 4.78 is 1.61. The third kappa shape index (κ3) is 2.87. The lowest BCUT2D eigenvalue weighted by molar-refractivity contribution is 0.112. The smallest absolute Gasteiger partial charge is 0.306 e. The van der Waals surface area contributed by atoms with Crippen LogP contribution in [0.1, 0.15) is 37.6 Å². The Morgan fingerprint density at radius 1 is 1.45 bits per heavy atom. The number of imidazole rings is 1. The second-order valence-corrected chi connectivity index (χ2v) is 5.15. The average Bonchev–Trinajstić information content (AvgIpc) is 2.71. The predicted molar refractivity (Wildman–Crippen MR) is 80.8 cm³/mol. The monoisotopic (exact) mass is 273 g/mol. The van der Waals surface area contributed by atoms with E-state index in [-0.39, 0.29) is 11.7 Å². The van der Waals surface area contributed by atoms with Gasteiger partial charge in [0.05, 0.1) is 11.0 Å². The van der Waals surface area contributed by atoms with Crippen LogP contribution in [0.15, 0.2) is 28.0 Å². The molecule has 5 heteroatoms. The third-order valence-electron chi connectivity index (χ3n) is 3.13. The van der Waals surface area contributed by atoms with E-state index < -0.39 is 0 Å². The van der Waals surface area contributed by atoms with Gasteiger partial charge in [0.15, 0.2) is 6.29 Å². The fourth-order valence-corrected chi connectivity index (χ4v) is 2.34. The number of carbonyl (C=O) groups excluding carboxylic acids is 1. The summed E-state index contributed by atoms with van der Waals surface area (Å²) in [6, 6.07) is 5.53. The Bertz CT molecular complexity index is 707. The van der Waals surface area contributed by atoms with E-state index in [4.69, 9.17) is 0 Å². The highest BCUT2D eigenvalue weighted by Gasteiger charge is 2.10. The van der Waals surface area contributed by atoms with E-state index in [1.54, 1.807) is 22.8 Å². The van der Waals surface area contributed by atoms with Crippen LogP contribution >= 0.6 is 0 Å². The standard InChI is InChI=1S/C15H19N3O2/c1-10(2)16-11(3)7-8-18-14-12(9-19)5-4-6-13(14)17-15(18)20/h4-6,9-10H,7-8H2,1-3H3,(H,17,20). The molecule has 0 aliphatic carbocycles. The highest BCUT2D eigenvalue weighted by Crippen LogP contribution is 2.14. The zero-order chi connectivity index (χ0) is 14.7. The number of aryl methyl sites for hydroxylation is 1. The quantitative estimate of drug-likeness (QED) is 0.671. The maximum absolute atomic E-state index is 12.0. The zero-order valence-corrected chi connectivity index (χ0v) is 12.0. The maximum Gasteiger partial charge on any atom is 0.326 e. The Kier molecular flexibility index (Phi) is 4.17. The van der Waals surface area contributed by atoms with Crippen LogP contribution < -0.4 is 5.69 Å². The van der Waals surface area contributed by atoms with E-state index in [0.29, 0.717) is 29.6 Å². The van der Waals surface area contributed by atoms with Crippen molar-refractivity contribution in [1.82, 2.24) is 9.55 Å². The van der Waals surface area contributed by atoms with Crippen molar-refractivity contribution >= 4 is 23.0 Å². The van der Waals surface area contributed by atoms with Crippen molar-refractivity contribution < 1.29 is 4.79 Å². The fourth-order valence-electron chi connectivity index (χ4n) is 2.34. The summed E-state index contributed by atoms with van der Waals surface area (Å²) in [5, 5.41) is 0. The second-order valence-electron chi connectivity index (χ2n) is 5.15. The van der Waals surface area contributed by atoms with Crippen LogP contribution in [-0.2, 0) is 6.54 Å². The first-order valence-corrected chi connectivity index (χ1v) is 6.73. The van der Waals surface area contributed by atoms with Gasteiger partial charge in [-0.2, -0.15) is 0 Å². The first-order chi connectivity index (χ1) is 9.52. The van der Waals surface area contributed by atoms with Gasteiger partial charge in [0, 0.05) is 30.3 Å². The first-order valence-electron chi connectivity index (χ1n) is 6.73. The molecule has 106 valence electrons. The number of H-pyrrole nitrogens is 1. The van der Waals surface area contributed by atoms with Gasteiger partial charge in [-0.1, -0.05) is 6.07 Å². The molecule has 1 heterocycles. The van der Waals surface area contributed by atoms with E-state index in [9.17, 15) is 9.59 Å². The molecule has 0 saturated carbocycles. The summed E-state index contributed by atoms with van der Waals surface area (Å²) in [6.45, 7) is 6.52. The van der Waals surface area contributed by atoms with Crippen molar-refractivity contribution in [2.75, 3.05) is 0 Å². The molecule has 0 spiro atoms. The molecule has 0 bridgehead atoms. The molecule has 0 saturated heterocycles. The van der Waals surface area contributed by atoms with E-state index >= 15 is 0 Å². The molecule has 0 radical (unpaired) electrons. The molecule has 5 nitrogen and oxygen atoms in total. The highest BCUT2D eigenvalue weighted by molar-refractivity contribution is 5.94. The highest BCUT2D eigenvalue weighted by atomic mass is 16.1. The van der Waals surface area contributed by atoms with Crippen molar-refractivity contribution in [3.63, 3.8) is 0 Å². The lowest BCUT2D eigenvalue weighted by atomic mass is 10.2. The van der Waals surface area contributed by atoms with Crippen molar-refractivity contribution in [1.29, 1.82) is 0 Å². The van der Waals surface area contributed by atoms with Crippen LogP contribution in [0.5, 0.6) is 0 Å². The normalized spacial score (nSPS) is 12.3. The van der Waals surface area contributed by atoms with Gasteiger partial charge in [-0.25, -0.2) is 4.79 Å². The van der Waals surface area contributed by atoms with Crippen molar-refractivity contribution in [2.24, 2.45) is 4.99 Å². The predicted octanol–water partition coefficient (Wildman–Crippen LogP) is 2.40. The molecule has 0 amide bonds. The summed E-state index contributed by atoms with van der Waals surface area (Å²) in [7, 11) is 0. The average molecular weight is 273 g/mol. The fraction of sp³-hybridized carbons (Fsp3) is 0.400. The van der Waals surface area contributed by atoms with Gasteiger partial charge in [-0.15, -0.1) is 0 Å². The zero-order valence-electron chi connectivity index (χ0n) is 12.0. The Labute approximate surface area is 117 Å². The van der Waals surface area contributed by atoms with Gasteiger partial charge in [0.2, 0.25) is 0 Å². The van der Waals surface area contributed by atoms with Crippen LogP contribution in [0.4, 0.5) is 0 Å². The number of rotatable bonds is 5. The summed E-state index contributed by atoms with van der Waals surface area (Å²) in [5.41, 5.74) is 2.71.